The molecule has 3 heteroatoms. The van der Waals surface area contributed by atoms with Crippen molar-refractivity contribution in [3.63, 3.8) is 0 Å². The largest absolute Gasteiger partial charge is 0.392 e. The molecule has 1 aliphatic heterocycles. The van der Waals surface area contributed by atoms with Crippen LogP contribution in [-0.4, -0.2) is 49.0 Å². The van der Waals surface area contributed by atoms with Gasteiger partial charge in [-0.1, -0.05) is 19.8 Å². The topological polar surface area (TPSA) is 32.7 Å². The Morgan fingerprint density at radius 2 is 2.00 bits per heavy atom. The Morgan fingerprint density at radius 1 is 1.29 bits per heavy atom. The van der Waals surface area contributed by atoms with Gasteiger partial charge in [0.15, 0.2) is 0 Å². The highest BCUT2D eigenvalue weighted by molar-refractivity contribution is 4.83. The van der Waals surface area contributed by atoms with E-state index in [4.69, 9.17) is 4.74 Å². The lowest BCUT2D eigenvalue weighted by Gasteiger charge is -2.37. The lowest BCUT2D eigenvalue weighted by atomic mass is 9.94. The standard InChI is InChI=1S/C14H27NO2/c1-11-7-8-15(10-14(11)17-2)9-13(16)12-5-3-4-6-12/h11-14,16H,3-10H2,1-2H3. The summed E-state index contributed by atoms with van der Waals surface area (Å²) in [5, 5.41) is 10.2. The van der Waals surface area contributed by atoms with Crippen molar-refractivity contribution in [2.75, 3.05) is 26.7 Å². The van der Waals surface area contributed by atoms with E-state index in [-0.39, 0.29) is 6.10 Å². The third kappa shape index (κ3) is 3.43. The summed E-state index contributed by atoms with van der Waals surface area (Å²) < 4.78 is 5.52. The summed E-state index contributed by atoms with van der Waals surface area (Å²) >= 11 is 0. The zero-order chi connectivity index (χ0) is 12.3. The van der Waals surface area contributed by atoms with E-state index < -0.39 is 0 Å². The Kier molecular flexibility index (Phi) is 4.83. The second-order valence-corrected chi connectivity index (χ2v) is 5.91. The van der Waals surface area contributed by atoms with Crippen LogP contribution in [0.2, 0.25) is 0 Å². The maximum absolute atomic E-state index is 10.2. The second-order valence-electron chi connectivity index (χ2n) is 5.91. The van der Waals surface area contributed by atoms with Crippen molar-refractivity contribution in [1.29, 1.82) is 0 Å². The predicted molar refractivity (Wildman–Crippen MR) is 69.0 cm³/mol. The highest BCUT2D eigenvalue weighted by atomic mass is 16.5. The van der Waals surface area contributed by atoms with E-state index in [9.17, 15) is 5.11 Å². The molecule has 17 heavy (non-hydrogen) atoms. The van der Waals surface area contributed by atoms with Gasteiger partial charge in [-0.15, -0.1) is 0 Å². The molecule has 0 spiro atoms. The van der Waals surface area contributed by atoms with Crippen LogP contribution in [0.25, 0.3) is 0 Å². The fourth-order valence-electron chi connectivity index (χ4n) is 3.33. The molecule has 2 rings (SSSR count). The minimum Gasteiger partial charge on any atom is -0.392 e. The summed E-state index contributed by atoms with van der Waals surface area (Å²) in [6.45, 7) is 5.21. The number of likely N-dealkylation sites (tertiary alicyclic amines) is 1. The summed E-state index contributed by atoms with van der Waals surface area (Å²) in [4.78, 5) is 2.39. The third-order valence-electron chi connectivity index (χ3n) is 4.67. The number of β-amino-alcohol motifs (C(OH)–C–C–N with tert-alkyl or cyclic N) is 1. The van der Waals surface area contributed by atoms with Crippen LogP contribution in [0.15, 0.2) is 0 Å². The van der Waals surface area contributed by atoms with Crippen LogP contribution in [0.5, 0.6) is 0 Å². The molecule has 1 saturated heterocycles. The molecule has 0 aromatic heterocycles. The van der Waals surface area contributed by atoms with Gasteiger partial charge in [0.2, 0.25) is 0 Å². The third-order valence-corrected chi connectivity index (χ3v) is 4.67. The van der Waals surface area contributed by atoms with E-state index in [0.29, 0.717) is 17.9 Å². The Labute approximate surface area is 105 Å². The minimum absolute atomic E-state index is 0.122. The fourth-order valence-corrected chi connectivity index (χ4v) is 3.33. The highest BCUT2D eigenvalue weighted by Gasteiger charge is 2.30. The lowest BCUT2D eigenvalue weighted by Crippen LogP contribution is -2.47. The molecule has 100 valence electrons. The summed E-state index contributed by atoms with van der Waals surface area (Å²) in [6.07, 6.45) is 6.47. The molecule has 0 radical (unpaired) electrons. The first-order chi connectivity index (χ1) is 8.20. The van der Waals surface area contributed by atoms with Gasteiger partial charge >= 0.3 is 0 Å². The molecule has 1 saturated carbocycles. The van der Waals surface area contributed by atoms with Gasteiger partial charge in [0.05, 0.1) is 12.2 Å². The number of rotatable bonds is 4. The molecule has 3 nitrogen and oxygen atoms in total. The molecule has 0 amide bonds. The van der Waals surface area contributed by atoms with Crippen LogP contribution in [-0.2, 0) is 4.74 Å². The smallest absolute Gasteiger partial charge is 0.0724 e. The normalized spacial score (nSPS) is 34.1. The molecular formula is C14H27NO2. The molecule has 2 fully saturated rings. The Balaban J connectivity index is 1.78. The van der Waals surface area contributed by atoms with Crippen molar-refractivity contribution in [3.05, 3.63) is 0 Å². The monoisotopic (exact) mass is 241 g/mol. The van der Waals surface area contributed by atoms with Gasteiger partial charge < -0.3 is 9.84 Å². The van der Waals surface area contributed by atoms with Crippen molar-refractivity contribution < 1.29 is 9.84 Å². The van der Waals surface area contributed by atoms with Gasteiger partial charge in [-0.3, -0.25) is 4.90 Å². The molecule has 1 heterocycles. The maximum Gasteiger partial charge on any atom is 0.0724 e. The molecule has 2 aliphatic rings. The average molecular weight is 241 g/mol. The maximum atomic E-state index is 10.2. The molecule has 3 unspecified atom stereocenters. The van der Waals surface area contributed by atoms with Gasteiger partial charge in [-0.25, -0.2) is 0 Å². The molecule has 1 aliphatic carbocycles. The zero-order valence-electron chi connectivity index (χ0n) is 11.3. The summed E-state index contributed by atoms with van der Waals surface area (Å²) in [5.41, 5.74) is 0. The van der Waals surface area contributed by atoms with Crippen molar-refractivity contribution in [2.24, 2.45) is 11.8 Å². The Hall–Kier alpha value is -0.120. The van der Waals surface area contributed by atoms with E-state index in [1.807, 2.05) is 0 Å². The number of nitrogens with zero attached hydrogens (tertiary/aromatic N) is 1. The first-order valence-corrected chi connectivity index (χ1v) is 7.14. The molecule has 0 aromatic carbocycles. The summed E-state index contributed by atoms with van der Waals surface area (Å²) in [7, 11) is 1.80. The van der Waals surface area contributed by atoms with Crippen LogP contribution in [0, 0.1) is 11.8 Å². The number of piperidine rings is 1. The molecule has 3 atom stereocenters. The first-order valence-electron chi connectivity index (χ1n) is 7.14. The van der Waals surface area contributed by atoms with E-state index >= 15 is 0 Å². The first kappa shape index (κ1) is 13.3. The predicted octanol–water partition coefficient (Wildman–Crippen LogP) is 1.89. The Morgan fingerprint density at radius 3 is 2.65 bits per heavy atom. The molecule has 0 bridgehead atoms. The minimum atomic E-state index is -0.122. The number of aliphatic hydroxyl groups is 1. The summed E-state index contributed by atoms with van der Waals surface area (Å²) in [5.74, 6) is 1.20. The molecular weight excluding hydrogens is 214 g/mol. The Bertz CT molecular complexity index is 228. The van der Waals surface area contributed by atoms with E-state index in [1.165, 1.54) is 32.1 Å². The number of methoxy groups -OCH3 is 1. The fraction of sp³-hybridized carbons (Fsp3) is 1.00. The zero-order valence-corrected chi connectivity index (χ0v) is 11.3. The molecule has 0 aromatic rings. The highest BCUT2D eigenvalue weighted by Crippen LogP contribution is 2.29. The van der Waals surface area contributed by atoms with E-state index in [2.05, 4.69) is 11.8 Å². The van der Waals surface area contributed by atoms with Crippen LogP contribution in [0.1, 0.15) is 39.0 Å². The number of aliphatic hydroxyl groups excluding tert-OH is 1. The number of hydrogen-bond donors (Lipinski definition) is 1. The van der Waals surface area contributed by atoms with Crippen LogP contribution < -0.4 is 0 Å². The number of hydrogen-bond acceptors (Lipinski definition) is 3. The molecule has 1 N–H and O–H groups in total. The van der Waals surface area contributed by atoms with Gasteiger partial charge in [0.25, 0.3) is 0 Å². The lowest BCUT2D eigenvalue weighted by molar-refractivity contribution is -0.0248. The average Bonchev–Trinajstić information content (AvgIpc) is 2.85. The SMILES string of the molecule is COC1CN(CC(O)C2CCCC2)CCC1C. The second kappa shape index (κ2) is 6.17. The van der Waals surface area contributed by atoms with Gasteiger partial charge in [0, 0.05) is 20.2 Å². The van der Waals surface area contributed by atoms with Crippen LogP contribution >= 0.6 is 0 Å². The van der Waals surface area contributed by atoms with Crippen LogP contribution in [0.3, 0.4) is 0 Å². The van der Waals surface area contributed by atoms with Crippen LogP contribution in [0.4, 0.5) is 0 Å². The van der Waals surface area contributed by atoms with Gasteiger partial charge in [-0.2, -0.15) is 0 Å². The van der Waals surface area contributed by atoms with Gasteiger partial charge in [0.1, 0.15) is 0 Å². The number of ether oxygens (including phenoxy) is 1. The van der Waals surface area contributed by atoms with Crippen molar-refractivity contribution >= 4 is 0 Å². The van der Waals surface area contributed by atoms with Crippen molar-refractivity contribution in [2.45, 2.75) is 51.2 Å². The summed E-state index contributed by atoms with van der Waals surface area (Å²) in [6, 6.07) is 0. The quantitative estimate of drug-likeness (QED) is 0.816. The van der Waals surface area contributed by atoms with E-state index in [0.717, 1.165) is 19.6 Å². The van der Waals surface area contributed by atoms with E-state index in [1.54, 1.807) is 7.11 Å². The van der Waals surface area contributed by atoms with Gasteiger partial charge in [-0.05, 0) is 37.6 Å². The van der Waals surface area contributed by atoms with Crippen molar-refractivity contribution in [3.8, 4) is 0 Å². The van der Waals surface area contributed by atoms with Crippen molar-refractivity contribution in [1.82, 2.24) is 4.90 Å².